The minimum Gasteiger partial charge on any atom is -0.486 e. The molecule has 1 aromatic carbocycles. The number of nitrogen functional groups attached to an aromatic ring is 1. The number of nitrogens with two attached hydrogens (primary N) is 1. The molecule has 5 heteroatoms. The molecule has 0 spiro atoms. The first-order valence-electron chi connectivity index (χ1n) is 4.32. The minimum absolute atomic E-state index is 0.311. The van der Waals surface area contributed by atoms with Crippen molar-refractivity contribution in [2.45, 2.75) is 6.61 Å². The average molecular weight is 224 g/mol. The van der Waals surface area contributed by atoms with Crippen LogP contribution in [0.4, 0.5) is 9.39 Å². The van der Waals surface area contributed by atoms with Gasteiger partial charge in [-0.15, -0.1) is 0 Å². The molecule has 0 fully saturated rings. The van der Waals surface area contributed by atoms with E-state index in [4.69, 9.17) is 10.5 Å². The summed E-state index contributed by atoms with van der Waals surface area (Å²) < 4.78 is 18.1. The van der Waals surface area contributed by atoms with Crippen LogP contribution < -0.4 is 10.5 Å². The molecule has 0 radical (unpaired) electrons. The van der Waals surface area contributed by atoms with Crippen molar-refractivity contribution in [3.05, 3.63) is 41.3 Å². The van der Waals surface area contributed by atoms with E-state index in [1.807, 2.05) is 0 Å². The van der Waals surface area contributed by atoms with Crippen LogP contribution in [-0.4, -0.2) is 4.98 Å². The molecule has 15 heavy (non-hydrogen) atoms. The highest BCUT2D eigenvalue weighted by atomic mass is 32.1. The summed E-state index contributed by atoms with van der Waals surface area (Å²) in [5, 5.41) is 1.42. The van der Waals surface area contributed by atoms with Gasteiger partial charge < -0.3 is 10.5 Å². The molecular formula is C10H9FN2OS. The van der Waals surface area contributed by atoms with Crippen LogP contribution in [0.25, 0.3) is 0 Å². The fourth-order valence-corrected chi connectivity index (χ4v) is 1.69. The van der Waals surface area contributed by atoms with Crippen molar-refractivity contribution in [1.29, 1.82) is 0 Å². The van der Waals surface area contributed by atoms with Crippen LogP contribution in [0.5, 0.6) is 5.75 Å². The van der Waals surface area contributed by atoms with Crippen molar-refractivity contribution in [2.24, 2.45) is 0 Å². The lowest BCUT2D eigenvalue weighted by Crippen LogP contribution is -1.94. The van der Waals surface area contributed by atoms with Gasteiger partial charge in [0.2, 0.25) is 0 Å². The van der Waals surface area contributed by atoms with E-state index in [-0.39, 0.29) is 5.82 Å². The number of nitrogens with zero attached hydrogens (tertiary/aromatic N) is 1. The summed E-state index contributed by atoms with van der Waals surface area (Å²) in [5.74, 6) is 0.176. The molecule has 1 aromatic heterocycles. The lowest BCUT2D eigenvalue weighted by atomic mass is 10.3. The van der Waals surface area contributed by atoms with Gasteiger partial charge in [0, 0.05) is 6.07 Å². The molecular weight excluding hydrogens is 215 g/mol. The molecule has 0 amide bonds. The van der Waals surface area contributed by atoms with Crippen LogP contribution >= 0.6 is 11.3 Å². The second-order valence-electron chi connectivity index (χ2n) is 2.90. The summed E-state index contributed by atoms with van der Waals surface area (Å²) in [4.78, 5) is 4.03. The van der Waals surface area contributed by atoms with Gasteiger partial charge in [0.25, 0.3) is 0 Å². The van der Waals surface area contributed by atoms with Crippen LogP contribution in [-0.2, 0) is 6.61 Å². The number of thiazole rings is 1. The Morgan fingerprint density at radius 2 is 2.33 bits per heavy atom. The van der Waals surface area contributed by atoms with Gasteiger partial charge in [0.15, 0.2) is 0 Å². The predicted octanol–water partition coefficient (Wildman–Crippen LogP) is 2.44. The third-order valence-corrected chi connectivity index (χ3v) is 2.53. The van der Waals surface area contributed by atoms with Crippen LogP contribution in [0.15, 0.2) is 30.5 Å². The van der Waals surface area contributed by atoms with E-state index >= 15 is 0 Å². The molecule has 2 N–H and O–H groups in total. The Kier molecular flexibility index (Phi) is 2.82. The van der Waals surface area contributed by atoms with E-state index in [1.54, 1.807) is 18.3 Å². The number of hydrogen-bond acceptors (Lipinski definition) is 4. The van der Waals surface area contributed by atoms with Crippen molar-refractivity contribution < 1.29 is 9.13 Å². The molecule has 0 aliphatic carbocycles. The first-order chi connectivity index (χ1) is 7.24. The number of benzene rings is 1. The number of halogens is 1. The van der Waals surface area contributed by atoms with E-state index in [1.165, 1.54) is 23.5 Å². The molecule has 0 aliphatic heterocycles. The maximum Gasteiger partial charge on any atom is 0.140 e. The van der Waals surface area contributed by atoms with Crippen LogP contribution in [0, 0.1) is 5.82 Å². The summed E-state index contributed by atoms with van der Waals surface area (Å²) in [6, 6.07) is 5.99. The summed E-state index contributed by atoms with van der Waals surface area (Å²) >= 11 is 1.36. The Labute approximate surface area is 90.3 Å². The van der Waals surface area contributed by atoms with Gasteiger partial charge in [-0.3, -0.25) is 0 Å². The zero-order valence-electron chi connectivity index (χ0n) is 7.81. The van der Waals surface area contributed by atoms with Gasteiger partial charge in [-0.05, 0) is 12.1 Å². The van der Waals surface area contributed by atoms with Crippen molar-refractivity contribution >= 4 is 16.3 Å². The van der Waals surface area contributed by atoms with Crippen LogP contribution in [0.1, 0.15) is 5.01 Å². The van der Waals surface area contributed by atoms with Crippen LogP contribution in [0.2, 0.25) is 0 Å². The topological polar surface area (TPSA) is 48.1 Å². The first kappa shape index (κ1) is 9.92. The zero-order valence-corrected chi connectivity index (χ0v) is 8.63. The Morgan fingerprint density at radius 3 is 3.00 bits per heavy atom. The number of hydrogen-bond donors (Lipinski definition) is 1. The minimum atomic E-state index is -0.314. The highest BCUT2D eigenvalue weighted by Crippen LogP contribution is 2.18. The van der Waals surface area contributed by atoms with Gasteiger partial charge in [0.1, 0.15) is 28.2 Å². The Bertz CT molecular complexity index is 458. The molecule has 0 bridgehead atoms. The van der Waals surface area contributed by atoms with Gasteiger partial charge in [0.05, 0.1) is 6.20 Å². The lowest BCUT2D eigenvalue weighted by molar-refractivity contribution is 0.304. The van der Waals surface area contributed by atoms with Crippen LogP contribution in [0.3, 0.4) is 0 Å². The van der Waals surface area contributed by atoms with Gasteiger partial charge in [-0.1, -0.05) is 17.4 Å². The molecule has 0 saturated heterocycles. The standard InChI is InChI=1S/C10H9FN2OS/c11-7-2-1-3-8(4-7)14-6-10-13-5-9(12)15-10/h1-5H,6,12H2. The Hall–Kier alpha value is -1.62. The summed E-state index contributed by atoms with van der Waals surface area (Å²) in [6.07, 6.45) is 1.58. The molecule has 1 heterocycles. The molecule has 2 aromatic rings. The normalized spacial score (nSPS) is 10.2. The number of ether oxygens (including phenoxy) is 1. The number of anilines is 1. The van der Waals surface area contributed by atoms with E-state index in [0.29, 0.717) is 17.4 Å². The fourth-order valence-electron chi connectivity index (χ4n) is 1.09. The third-order valence-electron chi connectivity index (χ3n) is 1.73. The van der Waals surface area contributed by atoms with Gasteiger partial charge >= 0.3 is 0 Å². The monoisotopic (exact) mass is 224 g/mol. The van der Waals surface area contributed by atoms with E-state index in [9.17, 15) is 4.39 Å². The molecule has 2 rings (SSSR count). The Balaban J connectivity index is 1.99. The summed E-state index contributed by atoms with van der Waals surface area (Å²) in [6.45, 7) is 0.311. The summed E-state index contributed by atoms with van der Waals surface area (Å²) in [5.41, 5.74) is 5.51. The second kappa shape index (κ2) is 4.27. The van der Waals surface area contributed by atoms with Crippen molar-refractivity contribution in [3.8, 4) is 5.75 Å². The largest absolute Gasteiger partial charge is 0.486 e. The van der Waals surface area contributed by atoms with E-state index in [0.717, 1.165) is 5.01 Å². The first-order valence-corrected chi connectivity index (χ1v) is 5.14. The van der Waals surface area contributed by atoms with E-state index in [2.05, 4.69) is 4.98 Å². The SMILES string of the molecule is Nc1cnc(COc2cccc(F)c2)s1. The molecule has 78 valence electrons. The zero-order chi connectivity index (χ0) is 10.7. The predicted molar refractivity (Wildman–Crippen MR) is 57.3 cm³/mol. The highest BCUT2D eigenvalue weighted by Gasteiger charge is 2.01. The number of rotatable bonds is 3. The maximum absolute atomic E-state index is 12.8. The average Bonchev–Trinajstić information content (AvgIpc) is 2.62. The van der Waals surface area contributed by atoms with Gasteiger partial charge in [-0.25, -0.2) is 9.37 Å². The third kappa shape index (κ3) is 2.66. The summed E-state index contributed by atoms with van der Waals surface area (Å²) in [7, 11) is 0. The molecule has 0 aliphatic rings. The molecule has 0 atom stereocenters. The fraction of sp³-hybridized carbons (Fsp3) is 0.100. The lowest BCUT2D eigenvalue weighted by Gasteiger charge is -2.02. The van der Waals surface area contributed by atoms with E-state index < -0.39 is 0 Å². The molecule has 0 saturated carbocycles. The molecule has 0 unspecified atom stereocenters. The molecule has 3 nitrogen and oxygen atoms in total. The van der Waals surface area contributed by atoms with Crippen molar-refractivity contribution in [1.82, 2.24) is 4.98 Å². The Morgan fingerprint density at radius 1 is 1.47 bits per heavy atom. The van der Waals surface area contributed by atoms with Crippen molar-refractivity contribution in [2.75, 3.05) is 5.73 Å². The van der Waals surface area contributed by atoms with Crippen molar-refractivity contribution in [3.63, 3.8) is 0 Å². The maximum atomic E-state index is 12.8. The quantitative estimate of drug-likeness (QED) is 0.871. The van der Waals surface area contributed by atoms with Gasteiger partial charge in [-0.2, -0.15) is 0 Å². The second-order valence-corrected chi connectivity index (χ2v) is 4.05. The number of aromatic nitrogens is 1. The smallest absolute Gasteiger partial charge is 0.140 e. The highest BCUT2D eigenvalue weighted by molar-refractivity contribution is 7.15.